The van der Waals surface area contributed by atoms with Crippen molar-refractivity contribution in [3.8, 4) is 0 Å². The Balaban J connectivity index is 2.51. The van der Waals surface area contributed by atoms with Crippen LogP contribution in [0.4, 0.5) is 13.2 Å². The first-order valence-corrected chi connectivity index (χ1v) is 6.86. The van der Waals surface area contributed by atoms with Crippen molar-refractivity contribution in [3.63, 3.8) is 0 Å². The van der Waals surface area contributed by atoms with E-state index in [-0.39, 0.29) is 6.04 Å². The van der Waals surface area contributed by atoms with Crippen molar-refractivity contribution in [2.45, 2.75) is 58.3 Å². The van der Waals surface area contributed by atoms with Crippen molar-refractivity contribution < 1.29 is 13.2 Å². The highest BCUT2D eigenvalue weighted by Crippen LogP contribution is 2.35. The summed E-state index contributed by atoms with van der Waals surface area (Å²) >= 11 is 0. The highest BCUT2D eigenvalue weighted by Gasteiger charge is 2.40. The lowest BCUT2D eigenvalue weighted by Crippen LogP contribution is -2.26. The summed E-state index contributed by atoms with van der Waals surface area (Å²) in [5, 5.41) is 3.08. The van der Waals surface area contributed by atoms with Gasteiger partial charge in [-0.15, -0.1) is 0 Å². The Hall–Kier alpha value is -1.04. The fourth-order valence-corrected chi connectivity index (χ4v) is 2.78. The number of nitrogens with one attached hydrogen (secondary N) is 1. The van der Waals surface area contributed by atoms with E-state index in [2.05, 4.69) is 10.3 Å². The minimum atomic E-state index is -4.38. The van der Waals surface area contributed by atoms with E-state index in [0.29, 0.717) is 25.1 Å². The van der Waals surface area contributed by atoms with Gasteiger partial charge in [-0.05, 0) is 12.8 Å². The molecular weight excluding hydrogens is 255 g/mol. The Labute approximate surface area is 111 Å². The second kappa shape index (κ2) is 5.53. The van der Waals surface area contributed by atoms with Gasteiger partial charge in [0, 0.05) is 31.2 Å². The molecule has 0 aliphatic carbocycles. The van der Waals surface area contributed by atoms with Crippen molar-refractivity contribution in [1.29, 1.82) is 0 Å². The molecule has 0 spiro atoms. The Morgan fingerprint density at radius 1 is 1.37 bits per heavy atom. The molecule has 1 aliphatic rings. The quantitative estimate of drug-likeness (QED) is 0.913. The van der Waals surface area contributed by atoms with Gasteiger partial charge in [0.05, 0.1) is 5.69 Å². The lowest BCUT2D eigenvalue weighted by Gasteiger charge is -2.24. The van der Waals surface area contributed by atoms with Crippen LogP contribution in [-0.2, 0) is 19.1 Å². The van der Waals surface area contributed by atoms with Crippen molar-refractivity contribution in [2.24, 2.45) is 0 Å². The van der Waals surface area contributed by atoms with Gasteiger partial charge in [0.15, 0.2) is 0 Å². The smallest absolute Gasteiger partial charge is 0.321 e. The van der Waals surface area contributed by atoms with Crippen LogP contribution in [0.1, 0.15) is 56.4 Å². The van der Waals surface area contributed by atoms with Crippen molar-refractivity contribution >= 4 is 0 Å². The number of halogens is 3. The molecule has 1 aliphatic heterocycles. The highest BCUT2D eigenvalue weighted by molar-refractivity contribution is 5.22. The van der Waals surface area contributed by atoms with Gasteiger partial charge >= 0.3 is 6.18 Å². The van der Waals surface area contributed by atoms with Crippen LogP contribution >= 0.6 is 0 Å². The molecule has 1 atom stereocenters. The molecule has 1 N–H and O–H groups in total. The molecule has 0 aromatic carbocycles. The molecule has 0 amide bonds. The Morgan fingerprint density at radius 2 is 2.11 bits per heavy atom. The predicted molar refractivity (Wildman–Crippen MR) is 66.9 cm³/mol. The molecule has 19 heavy (non-hydrogen) atoms. The number of imidazole rings is 1. The number of hydrogen-bond donors (Lipinski definition) is 1. The molecule has 0 saturated carbocycles. The standard InChI is InChI=1S/C13H20F3N3/c1-3-5-9(4-2)19-11-6-7-17-8-10(11)18-12(19)13(14,15)16/h9,17H,3-8H2,1-2H3. The van der Waals surface area contributed by atoms with E-state index in [1.807, 2.05) is 13.8 Å². The summed E-state index contributed by atoms with van der Waals surface area (Å²) < 4.78 is 41.0. The Bertz CT molecular complexity index is 437. The fourth-order valence-electron chi connectivity index (χ4n) is 2.78. The van der Waals surface area contributed by atoms with Crippen molar-refractivity contribution in [1.82, 2.24) is 14.9 Å². The molecular formula is C13H20F3N3. The maximum atomic E-state index is 13.2. The van der Waals surface area contributed by atoms with Crippen LogP contribution in [-0.4, -0.2) is 16.1 Å². The summed E-state index contributed by atoms with van der Waals surface area (Å²) in [6.07, 6.45) is -1.42. The summed E-state index contributed by atoms with van der Waals surface area (Å²) in [7, 11) is 0. The molecule has 1 aromatic heterocycles. The maximum absolute atomic E-state index is 13.2. The first-order valence-electron chi connectivity index (χ1n) is 6.86. The van der Waals surface area contributed by atoms with E-state index in [4.69, 9.17) is 0 Å². The summed E-state index contributed by atoms with van der Waals surface area (Å²) in [5.74, 6) is -0.721. The predicted octanol–water partition coefficient (Wildman–Crippen LogP) is 3.30. The minimum Gasteiger partial charge on any atom is -0.321 e. The molecule has 6 heteroatoms. The third-order valence-electron chi connectivity index (χ3n) is 3.64. The van der Waals surface area contributed by atoms with E-state index in [1.165, 1.54) is 4.57 Å². The molecule has 0 bridgehead atoms. The van der Waals surface area contributed by atoms with Gasteiger partial charge in [0.2, 0.25) is 5.82 Å². The van der Waals surface area contributed by atoms with E-state index in [9.17, 15) is 13.2 Å². The number of hydrogen-bond acceptors (Lipinski definition) is 2. The minimum absolute atomic E-state index is 0.101. The highest BCUT2D eigenvalue weighted by atomic mass is 19.4. The number of nitrogens with zero attached hydrogens (tertiary/aromatic N) is 2. The molecule has 108 valence electrons. The average Bonchev–Trinajstić information content (AvgIpc) is 2.75. The van der Waals surface area contributed by atoms with Crippen molar-refractivity contribution in [3.05, 3.63) is 17.2 Å². The van der Waals surface area contributed by atoms with Crippen LogP contribution in [0, 0.1) is 0 Å². The van der Waals surface area contributed by atoms with Crippen LogP contribution in [0.3, 0.4) is 0 Å². The maximum Gasteiger partial charge on any atom is 0.449 e. The molecule has 0 radical (unpaired) electrons. The van der Waals surface area contributed by atoms with Gasteiger partial charge in [-0.25, -0.2) is 4.98 Å². The Kier molecular flexibility index (Phi) is 4.18. The van der Waals surface area contributed by atoms with Crippen LogP contribution in [0.15, 0.2) is 0 Å². The zero-order valence-corrected chi connectivity index (χ0v) is 11.3. The van der Waals surface area contributed by atoms with E-state index in [0.717, 1.165) is 25.1 Å². The molecule has 1 aromatic rings. The Morgan fingerprint density at radius 3 is 2.68 bits per heavy atom. The second-order valence-corrected chi connectivity index (χ2v) is 4.97. The summed E-state index contributed by atoms with van der Waals surface area (Å²) in [5.41, 5.74) is 1.33. The third kappa shape index (κ3) is 2.78. The first-order chi connectivity index (χ1) is 8.99. The van der Waals surface area contributed by atoms with Crippen LogP contribution in [0.5, 0.6) is 0 Å². The van der Waals surface area contributed by atoms with Crippen LogP contribution < -0.4 is 5.32 Å². The third-order valence-corrected chi connectivity index (χ3v) is 3.64. The molecule has 3 nitrogen and oxygen atoms in total. The zero-order valence-electron chi connectivity index (χ0n) is 11.3. The van der Waals surface area contributed by atoms with Gasteiger partial charge in [-0.1, -0.05) is 20.3 Å². The van der Waals surface area contributed by atoms with Gasteiger partial charge in [0.1, 0.15) is 0 Å². The SMILES string of the molecule is CCCC(CC)n1c(C(F)(F)F)nc2c1CCNC2. The van der Waals surface area contributed by atoms with E-state index in [1.54, 1.807) is 0 Å². The van der Waals surface area contributed by atoms with Gasteiger partial charge in [-0.3, -0.25) is 0 Å². The van der Waals surface area contributed by atoms with Crippen LogP contribution in [0.25, 0.3) is 0 Å². The van der Waals surface area contributed by atoms with Crippen LogP contribution in [0.2, 0.25) is 0 Å². The topological polar surface area (TPSA) is 29.9 Å². The normalized spacial score (nSPS) is 17.3. The van der Waals surface area contributed by atoms with E-state index < -0.39 is 12.0 Å². The first kappa shape index (κ1) is 14.4. The largest absolute Gasteiger partial charge is 0.449 e. The van der Waals surface area contributed by atoms with Gasteiger partial charge < -0.3 is 9.88 Å². The lowest BCUT2D eigenvalue weighted by atomic mass is 10.1. The number of rotatable bonds is 4. The van der Waals surface area contributed by atoms with Gasteiger partial charge in [-0.2, -0.15) is 13.2 Å². The number of fused-ring (bicyclic) bond motifs is 1. The zero-order chi connectivity index (χ0) is 14.0. The fraction of sp³-hybridized carbons (Fsp3) is 0.769. The molecule has 2 heterocycles. The summed E-state index contributed by atoms with van der Waals surface area (Å²) in [6, 6.07) is -0.101. The average molecular weight is 275 g/mol. The summed E-state index contributed by atoms with van der Waals surface area (Å²) in [6.45, 7) is 5.10. The summed E-state index contributed by atoms with van der Waals surface area (Å²) in [4.78, 5) is 3.85. The molecule has 1 unspecified atom stereocenters. The number of aromatic nitrogens is 2. The molecule has 2 rings (SSSR count). The lowest BCUT2D eigenvalue weighted by molar-refractivity contribution is -0.148. The van der Waals surface area contributed by atoms with Crippen molar-refractivity contribution in [2.75, 3.05) is 6.54 Å². The van der Waals surface area contributed by atoms with Gasteiger partial charge in [0.25, 0.3) is 0 Å². The van der Waals surface area contributed by atoms with E-state index >= 15 is 0 Å². The second-order valence-electron chi connectivity index (χ2n) is 4.97. The number of alkyl halides is 3. The monoisotopic (exact) mass is 275 g/mol. The molecule has 0 fully saturated rings. The molecule has 0 saturated heterocycles.